The van der Waals surface area contributed by atoms with Crippen LogP contribution >= 0.6 is 11.8 Å². The smallest absolute Gasteiger partial charge is 0.371 e. The van der Waals surface area contributed by atoms with E-state index in [1.807, 2.05) is 18.7 Å². The Labute approximate surface area is 111 Å². The van der Waals surface area contributed by atoms with Crippen molar-refractivity contribution in [3.8, 4) is 0 Å². The van der Waals surface area contributed by atoms with Gasteiger partial charge in [0.15, 0.2) is 0 Å². The monoisotopic (exact) mass is 269 g/mol. The number of furan rings is 1. The van der Waals surface area contributed by atoms with Crippen LogP contribution in [0.2, 0.25) is 0 Å². The van der Waals surface area contributed by atoms with Gasteiger partial charge in [0.05, 0.1) is 6.04 Å². The summed E-state index contributed by atoms with van der Waals surface area (Å²) in [7, 11) is 0. The van der Waals surface area contributed by atoms with Crippen LogP contribution in [0, 0.1) is 0 Å². The second-order valence-corrected chi connectivity index (χ2v) is 5.78. The van der Waals surface area contributed by atoms with Crippen molar-refractivity contribution in [2.45, 2.75) is 43.5 Å². The van der Waals surface area contributed by atoms with E-state index in [1.54, 1.807) is 6.07 Å². The number of hydrogen-bond donors (Lipinski definition) is 2. The summed E-state index contributed by atoms with van der Waals surface area (Å²) in [5.41, 5.74) is 0. The van der Waals surface area contributed by atoms with Gasteiger partial charge in [0.1, 0.15) is 5.76 Å². The van der Waals surface area contributed by atoms with Crippen LogP contribution < -0.4 is 5.32 Å². The van der Waals surface area contributed by atoms with Crippen molar-refractivity contribution in [1.29, 1.82) is 0 Å². The van der Waals surface area contributed by atoms with E-state index in [0.717, 1.165) is 0 Å². The highest BCUT2D eigenvalue weighted by molar-refractivity contribution is 7.99. The lowest BCUT2D eigenvalue weighted by atomic mass is 10.2. The van der Waals surface area contributed by atoms with Crippen LogP contribution in [-0.4, -0.2) is 28.6 Å². The van der Waals surface area contributed by atoms with E-state index in [9.17, 15) is 4.79 Å². The van der Waals surface area contributed by atoms with Gasteiger partial charge in [0, 0.05) is 11.3 Å². The molecule has 1 saturated carbocycles. The van der Waals surface area contributed by atoms with Gasteiger partial charge in [-0.05, 0) is 38.2 Å². The van der Waals surface area contributed by atoms with Gasteiger partial charge in [0.2, 0.25) is 5.76 Å². The van der Waals surface area contributed by atoms with Crippen molar-refractivity contribution in [2.75, 3.05) is 6.26 Å². The lowest BCUT2D eigenvalue weighted by Crippen LogP contribution is -2.35. The topological polar surface area (TPSA) is 62.5 Å². The molecule has 0 aromatic carbocycles. The fourth-order valence-electron chi connectivity index (χ4n) is 2.50. The molecule has 2 rings (SSSR count). The quantitative estimate of drug-likeness (QED) is 0.860. The molecule has 1 heterocycles. The van der Waals surface area contributed by atoms with E-state index in [4.69, 9.17) is 9.52 Å². The van der Waals surface area contributed by atoms with E-state index in [2.05, 4.69) is 11.6 Å². The van der Waals surface area contributed by atoms with Gasteiger partial charge in [-0.15, -0.1) is 0 Å². The second kappa shape index (κ2) is 5.80. The molecule has 1 aromatic rings. The summed E-state index contributed by atoms with van der Waals surface area (Å²) >= 11 is 1.90. The number of carbonyl (C=O) groups is 1. The molecular formula is C13H19NO3S. The van der Waals surface area contributed by atoms with Crippen LogP contribution in [0.5, 0.6) is 0 Å². The maximum Gasteiger partial charge on any atom is 0.371 e. The third kappa shape index (κ3) is 2.90. The summed E-state index contributed by atoms with van der Waals surface area (Å²) in [5, 5.41) is 13.0. The first-order valence-electron chi connectivity index (χ1n) is 6.23. The number of carboxylic acids is 1. The standard InChI is InChI=1S/C13H19NO3S/c1-8(10-6-7-11(17-10)13(15)16)14-9-4-3-5-12(9)18-2/h6-9,12,14H,3-5H2,1-2H3,(H,15,16). The Hall–Kier alpha value is -0.940. The first kappa shape index (κ1) is 13.5. The summed E-state index contributed by atoms with van der Waals surface area (Å²) in [4.78, 5) is 10.8. The lowest BCUT2D eigenvalue weighted by molar-refractivity contribution is 0.0659. The minimum atomic E-state index is -1.02. The molecule has 3 unspecified atom stereocenters. The third-order valence-electron chi connectivity index (χ3n) is 3.48. The van der Waals surface area contributed by atoms with Crippen LogP contribution in [0.1, 0.15) is 48.5 Å². The van der Waals surface area contributed by atoms with Gasteiger partial charge in [0.25, 0.3) is 0 Å². The Morgan fingerprint density at radius 2 is 2.33 bits per heavy atom. The summed E-state index contributed by atoms with van der Waals surface area (Å²) in [6.07, 6.45) is 5.84. The summed E-state index contributed by atoms with van der Waals surface area (Å²) < 4.78 is 5.32. The fraction of sp³-hybridized carbons (Fsp3) is 0.615. The summed E-state index contributed by atoms with van der Waals surface area (Å²) in [5.74, 6) is -0.318. The van der Waals surface area contributed by atoms with E-state index < -0.39 is 5.97 Å². The predicted octanol–water partition coefficient (Wildman–Crippen LogP) is 2.91. The molecular weight excluding hydrogens is 250 g/mol. The molecule has 1 fully saturated rings. The average Bonchev–Trinajstić information content (AvgIpc) is 2.96. The summed E-state index contributed by atoms with van der Waals surface area (Å²) in [6, 6.07) is 3.80. The molecule has 5 heteroatoms. The zero-order chi connectivity index (χ0) is 13.1. The van der Waals surface area contributed by atoms with E-state index >= 15 is 0 Å². The van der Waals surface area contributed by atoms with Crippen LogP contribution in [0.25, 0.3) is 0 Å². The molecule has 100 valence electrons. The van der Waals surface area contributed by atoms with E-state index in [1.165, 1.54) is 25.3 Å². The first-order chi connectivity index (χ1) is 8.61. The summed E-state index contributed by atoms with van der Waals surface area (Å²) in [6.45, 7) is 2.01. The number of rotatable bonds is 5. The third-order valence-corrected chi connectivity index (χ3v) is 4.65. The van der Waals surface area contributed by atoms with Crippen LogP contribution in [0.4, 0.5) is 0 Å². The highest BCUT2D eigenvalue weighted by Gasteiger charge is 2.28. The molecule has 1 aliphatic rings. The zero-order valence-corrected chi connectivity index (χ0v) is 11.5. The Morgan fingerprint density at radius 1 is 1.56 bits per heavy atom. The highest BCUT2D eigenvalue weighted by Crippen LogP contribution is 2.30. The Bertz CT molecular complexity index is 418. The largest absolute Gasteiger partial charge is 0.475 e. The molecule has 18 heavy (non-hydrogen) atoms. The molecule has 0 amide bonds. The number of aromatic carboxylic acids is 1. The zero-order valence-electron chi connectivity index (χ0n) is 10.7. The molecule has 0 aliphatic heterocycles. The van der Waals surface area contributed by atoms with Gasteiger partial charge < -0.3 is 14.8 Å². The number of nitrogens with one attached hydrogen (secondary N) is 1. The van der Waals surface area contributed by atoms with Gasteiger partial charge >= 0.3 is 5.97 Å². The van der Waals surface area contributed by atoms with Gasteiger partial charge in [-0.25, -0.2) is 4.79 Å². The predicted molar refractivity (Wildman–Crippen MR) is 72.2 cm³/mol. The van der Waals surface area contributed by atoms with E-state index in [0.29, 0.717) is 17.1 Å². The van der Waals surface area contributed by atoms with Crippen molar-refractivity contribution in [3.63, 3.8) is 0 Å². The molecule has 1 aliphatic carbocycles. The molecule has 4 nitrogen and oxygen atoms in total. The van der Waals surface area contributed by atoms with Crippen LogP contribution in [-0.2, 0) is 0 Å². The molecule has 1 aromatic heterocycles. The molecule has 0 bridgehead atoms. The van der Waals surface area contributed by atoms with Crippen molar-refractivity contribution >= 4 is 17.7 Å². The molecule has 2 N–H and O–H groups in total. The number of hydrogen-bond acceptors (Lipinski definition) is 4. The Morgan fingerprint density at radius 3 is 2.94 bits per heavy atom. The normalized spacial score (nSPS) is 25.2. The molecule has 0 radical (unpaired) electrons. The molecule has 0 spiro atoms. The van der Waals surface area contributed by atoms with Crippen LogP contribution in [0.15, 0.2) is 16.5 Å². The maximum atomic E-state index is 10.8. The second-order valence-electron chi connectivity index (χ2n) is 4.71. The van der Waals surface area contributed by atoms with Crippen molar-refractivity contribution in [2.24, 2.45) is 0 Å². The number of carboxylic acid groups (broad SMARTS) is 1. The number of thioether (sulfide) groups is 1. The van der Waals surface area contributed by atoms with Crippen molar-refractivity contribution in [1.82, 2.24) is 5.32 Å². The van der Waals surface area contributed by atoms with Crippen molar-refractivity contribution < 1.29 is 14.3 Å². The van der Waals surface area contributed by atoms with Gasteiger partial charge in [-0.1, -0.05) is 6.42 Å². The van der Waals surface area contributed by atoms with E-state index in [-0.39, 0.29) is 11.8 Å². The molecule has 3 atom stereocenters. The first-order valence-corrected chi connectivity index (χ1v) is 7.52. The van der Waals surface area contributed by atoms with Crippen molar-refractivity contribution in [3.05, 3.63) is 23.7 Å². The lowest BCUT2D eigenvalue weighted by Gasteiger charge is -2.22. The highest BCUT2D eigenvalue weighted by atomic mass is 32.2. The maximum absolute atomic E-state index is 10.8. The van der Waals surface area contributed by atoms with Crippen LogP contribution in [0.3, 0.4) is 0 Å². The minimum absolute atomic E-state index is 0.00601. The van der Waals surface area contributed by atoms with Gasteiger partial charge in [-0.2, -0.15) is 11.8 Å². The Balaban J connectivity index is 1.98. The minimum Gasteiger partial charge on any atom is -0.475 e. The average molecular weight is 269 g/mol. The van der Waals surface area contributed by atoms with Gasteiger partial charge in [-0.3, -0.25) is 0 Å². The Kier molecular flexibility index (Phi) is 4.35. The molecule has 0 saturated heterocycles. The SMILES string of the molecule is CSC1CCCC1NC(C)c1ccc(C(=O)O)o1. The fourth-order valence-corrected chi connectivity index (χ4v) is 3.45.